The number of carbonyl (C=O) groups is 1. The van der Waals surface area contributed by atoms with Gasteiger partial charge in [-0.3, -0.25) is 9.78 Å². The normalized spacial score (nSPS) is 12.1. The first kappa shape index (κ1) is 12.3. The Morgan fingerprint density at radius 1 is 1.11 bits per heavy atom. The molecule has 4 nitrogen and oxygen atoms in total. The minimum atomic E-state index is -0.888. The van der Waals surface area contributed by atoms with Gasteiger partial charge in [0.1, 0.15) is 0 Å². The summed E-state index contributed by atoms with van der Waals surface area (Å²) in [4.78, 5) is 14.5. The Labute approximate surface area is 105 Å². The zero-order valence-electron chi connectivity index (χ0n) is 9.78. The van der Waals surface area contributed by atoms with E-state index in [0.717, 1.165) is 16.7 Å². The fourth-order valence-corrected chi connectivity index (χ4v) is 1.77. The molecule has 92 valence electrons. The number of nitrogens with zero attached hydrogens (tertiary/aromatic N) is 1. The number of aliphatic carboxylic acids is 1. The Morgan fingerprint density at radius 3 is 2.22 bits per heavy atom. The van der Waals surface area contributed by atoms with Crippen LogP contribution in [0.5, 0.6) is 0 Å². The van der Waals surface area contributed by atoms with Crippen molar-refractivity contribution in [1.82, 2.24) is 4.98 Å². The highest BCUT2D eigenvalue weighted by atomic mass is 16.4. The second-order valence-corrected chi connectivity index (χ2v) is 4.06. The van der Waals surface area contributed by atoms with Crippen molar-refractivity contribution in [2.24, 2.45) is 5.73 Å². The van der Waals surface area contributed by atoms with Crippen LogP contribution in [0.3, 0.4) is 0 Å². The average molecular weight is 242 g/mol. The van der Waals surface area contributed by atoms with Crippen LogP contribution < -0.4 is 5.73 Å². The van der Waals surface area contributed by atoms with E-state index < -0.39 is 12.0 Å². The van der Waals surface area contributed by atoms with Crippen LogP contribution in [0.15, 0.2) is 48.8 Å². The van der Waals surface area contributed by atoms with Crippen LogP contribution in [-0.2, 0) is 4.79 Å². The molecule has 0 saturated heterocycles. The van der Waals surface area contributed by atoms with Crippen LogP contribution >= 0.6 is 0 Å². The molecule has 1 aromatic heterocycles. The average Bonchev–Trinajstić information content (AvgIpc) is 2.39. The molecule has 1 atom stereocenters. The van der Waals surface area contributed by atoms with Crippen LogP contribution in [0.25, 0.3) is 11.1 Å². The largest absolute Gasteiger partial charge is 0.481 e. The summed E-state index contributed by atoms with van der Waals surface area (Å²) in [5, 5.41) is 8.69. The predicted octanol–water partition coefficient (Wildman–Crippen LogP) is 2.22. The minimum absolute atomic E-state index is 0.0609. The first-order valence-corrected chi connectivity index (χ1v) is 5.64. The smallest absolute Gasteiger partial charge is 0.305 e. The predicted molar refractivity (Wildman–Crippen MR) is 68.9 cm³/mol. The van der Waals surface area contributed by atoms with Gasteiger partial charge in [-0.25, -0.2) is 0 Å². The molecular formula is C14H14N2O2. The SMILES string of the molecule is NC(CC(=O)O)c1ccc(-c2ccncc2)cc1. The molecule has 1 aromatic carbocycles. The van der Waals surface area contributed by atoms with Crippen molar-refractivity contribution in [2.45, 2.75) is 12.5 Å². The molecule has 18 heavy (non-hydrogen) atoms. The lowest BCUT2D eigenvalue weighted by Crippen LogP contribution is -2.14. The van der Waals surface area contributed by atoms with Crippen molar-refractivity contribution >= 4 is 5.97 Å². The maximum Gasteiger partial charge on any atom is 0.305 e. The Bertz CT molecular complexity index is 523. The molecule has 0 aliphatic heterocycles. The van der Waals surface area contributed by atoms with Crippen LogP contribution in [0.2, 0.25) is 0 Å². The lowest BCUT2D eigenvalue weighted by atomic mass is 10.0. The number of benzene rings is 1. The molecule has 0 aliphatic rings. The minimum Gasteiger partial charge on any atom is -0.481 e. The third-order valence-electron chi connectivity index (χ3n) is 2.75. The number of pyridine rings is 1. The number of hydrogen-bond donors (Lipinski definition) is 2. The zero-order valence-corrected chi connectivity index (χ0v) is 9.78. The Balaban J connectivity index is 2.18. The van der Waals surface area contributed by atoms with Gasteiger partial charge in [0.05, 0.1) is 6.42 Å². The molecule has 0 bridgehead atoms. The van der Waals surface area contributed by atoms with Crippen molar-refractivity contribution in [3.63, 3.8) is 0 Å². The molecule has 2 aromatic rings. The highest BCUT2D eigenvalue weighted by Gasteiger charge is 2.10. The summed E-state index contributed by atoms with van der Waals surface area (Å²) in [5.74, 6) is -0.888. The van der Waals surface area contributed by atoms with Crippen LogP contribution in [0.4, 0.5) is 0 Å². The van der Waals surface area contributed by atoms with Crippen molar-refractivity contribution in [1.29, 1.82) is 0 Å². The van der Waals surface area contributed by atoms with E-state index in [1.165, 1.54) is 0 Å². The van der Waals surface area contributed by atoms with E-state index in [1.54, 1.807) is 12.4 Å². The number of aromatic nitrogens is 1. The van der Waals surface area contributed by atoms with Crippen molar-refractivity contribution in [3.05, 3.63) is 54.4 Å². The van der Waals surface area contributed by atoms with Crippen LogP contribution in [0.1, 0.15) is 18.0 Å². The molecule has 0 radical (unpaired) electrons. The molecule has 0 spiro atoms. The maximum absolute atomic E-state index is 10.6. The lowest BCUT2D eigenvalue weighted by molar-refractivity contribution is -0.137. The van der Waals surface area contributed by atoms with Gasteiger partial charge in [-0.05, 0) is 28.8 Å². The van der Waals surface area contributed by atoms with E-state index in [0.29, 0.717) is 0 Å². The molecule has 4 heteroatoms. The van der Waals surface area contributed by atoms with Crippen molar-refractivity contribution in [2.75, 3.05) is 0 Å². The van der Waals surface area contributed by atoms with E-state index in [-0.39, 0.29) is 6.42 Å². The Morgan fingerprint density at radius 2 is 1.67 bits per heavy atom. The number of nitrogens with two attached hydrogens (primary N) is 1. The van der Waals surface area contributed by atoms with Gasteiger partial charge in [0.25, 0.3) is 0 Å². The highest BCUT2D eigenvalue weighted by molar-refractivity contribution is 5.68. The second-order valence-electron chi connectivity index (χ2n) is 4.06. The first-order chi connectivity index (χ1) is 8.66. The number of hydrogen-bond acceptors (Lipinski definition) is 3. The molecule has 1 unspecified atom stereocenters. The van der Waals surface area contributed by atoms with Gasteiger partial charge >= 0.3 is 5.97 Å². The summed E-state index contributed by atoms with van der Waals surface area (Å²) in [6.45, 7) is 0. The fraction of sp³-hybridized carbons (Fsp3) is 0.143. The molecule has 2 rings (SSSR count). The van der Waals surface area contributed by atoms with Crippen molar-refractivity contribution in [3.8, 4) is 11.1 Å². The first-order valence-electron chi connectivity index (χ1n) is 5.64. The molecule has 0 saturated carbocycles. The van der Waals surface area contributed by atoms with E-state index >= 15 is 0 Å². The van der Waals surface area contributed by atoms with Gasteiger partial charge < -0.3 is 10.8 Å². The summed E-state index contributed by atoms with van der Waals surface area (Å²) in [5.41, 5.74) is 8.75. The zero-order chi connectivity index (χ0) is 13.0. The van der Waals surface area contributed by atoms with Crippen molar-refractivity contribution < 1.29 is 9.90 Å². The van der Waals surface area contributed by atoms with Gasteiger partial charge in [0, 0.05) is 18.4 Å². The fourth-order valence-electron chi connectivity index (χ4n) is 1.77. The monoisotopic (exact) mass is 242 g/mol. The summed E-state index contributed by atoms with van der Waals surface area (Å²) in [6.07, 6.45) is 3.41. The molecule has 1 heterocycles. The van der Waals surface area contributed by atoms with Gasteiger partial charge in [-0.15, -0.1) is 0 Å². The second kappa shape index (κ2) is 5.42. The van der Waals surface area contributed by atoms with Gasteiger partial charge in [-0.2, -0.15) is 0 Å². The van der Waals surface area contributed by atoms with Gasteiger partial charge in [0.15, 0.2) is 0 Å². The van der Waals surface area contributed by atoms with E-state index in [1.807, 2.05) is 36.4 Å². The van der Waals surface area contributed by atoms with E-state index in [2.05, 4.69) is 4.98 Å². The number of rotatable bonds is 4. The molecule has 3 N–H and O–H groups in total. The third kappa shape index (κ3) is 2.93. The topological polar surface area (TPSA) is 76.2 Å². The summed E-state index contributed by atoms with van der Waals surface area (Å²) in [7, 11) is 0. The Kier molecular flexibility index (Phi) is 3.69. The number of carboxylic acid groups (broad SMARTS) is 1. The Hall–Kier alpha value is -2.20. The molecule has 0 aliphatic carbocycles. The lowest BCUT2D eigenvalue weighted by Gasteiger charge is -2.10. The molecular weight excluding hydrogens is 228 g/mol. The van der Waals surface area contributed by atoms with Crippen LogP contribution in [0, 0.1) is 0 Å². The van der Waals surface area contributed by atoms with Crippen LogP contribution in [-0.4, -0.2) is 16.1 Å². The van der Waals surface area contributed by atoms with E-state index in [4.69, 9.17) is 10.8 Å². The molecule has 0 amide bonds. The van der Waals surface area contributed by atoms with Gasteiger partial charge in [-0.1, -0.05) is 24.3 Å². The summed E-state index contributed by atoms with van der Waals surface area (Å²) < 4.78 is 0. The standard InChI is InChI=1S/C14H14N2O2/c15-13(9-14(17)18)12-3-1-10(2-4-12)11-5-7-16-8-6-11/h1-8,13H,9,15H2,(H,17,18). The van der Waals surface area contributed by atoms with E-state index in [9.17, 15) is 4.79 Å². The summed E-state index contributed by atoms with van der Waals surface area (Å²) >= 11 is 0. The number of carboxylic acids is 1. The van der Waals surface area contributed by atoms with Gasteiger partial charge in [0.2, 0.25) is 0 Å². The third-order valence-corrected chi connectivity index (χ3v) is 2.75. The summed E-state index contributed by atoms with van der Waals surface area (Å²) in [6, 6.07) is 11.0. The molecule has 0 fully saturated rings. The maximum atomic E-state index is 10.6. The quantitative estimate of drug-likeness (QED) is 0.861. The highest BCUT2D eigenvalue weighted by Crippen LogP contribution is 2.21.